The van der Waals surface area contributed by atoms with Crippen LogP contribution in [0.2, 0.25) is 0 Å². The number of aryl methyl sites for hydroxylation is 4. The number of amides is 1. The minimum absolute atomic E-state index is 0.0458. The Morgan fingerprint density at radius 2 is 1.71 bits per heavy atom. The number of alkyl halides is 1. The number of hydrogen-bond acceptors (Lipinski definition) is 2. The molecule has 0 bridgehead atoms. The van der Waals surface area contributed by atoms with Gasteiger partial charge < -0.3 is 0 Å². The Labute approximate surface area is 147 Å². The molecule has 1 aromatic carbocycles. The van der Waals surface area contributed by atoms with E-state index < -0.39 is 0 Å². The Kier molecular flexibility index (Phi) is 4.28. The molecule has 0 radical (unpaired) electrons. The smallest absolute Gasteiger partial charge is 0.247 e. The number of benzene rings is 1. The van der Waals surface area contributed by atoms with E-state index in [1.54, 1.807) is 4.90 Å². The second-order valence-corrected chi connectivity index (χ2v) is 6.92. The Morgan fingerprint density at radius 3 is 2.58 bits per heavy atom. The Morgan fingerprint density at radius 1 is 0.958 bits per heavy atom. The van der Waals surface area contributed by atoms with Crippen molar-refractivity contribution in [1.29, 1.82) is 0 Å². The van der Waals surface area contributed by atoms with E-state index in [1.165, 1.54) is 36.0 Å². The summed E-state index contributed by atoms with van der Waals surface area (Å²) in [6, 6.07) is 10.4. The van der Waals surface area contributed by atoms with E-state index in [-0.39, 0.29) is 11.8 Å². The molecule has 1 aromatic heterocycles. The van der Waals surface area contributed by atoms with Crippen LogP contribution in [0.1, 0.15) is 41.6 Å². The highest BCUT2D eigenvalue weighted by molar-refractivity contribution is 6.30. The molecule has 0 unspecified atom stereocenters. The number of pyridine rings is 1. The zero-order valence-corrected chi connectivity index (χ0v) is 14.5. The molecule has 2 aliphatic rings. The summed E-state index contributed by atoms with van der Waals surface area (Å²) in [4.78, 5) is 19.0. The maximum atomic E-state index is 12.5. The van der Waals surface area contributed by atoms with Gasteiger partial charge in [0, 0.05) is 5.69 Å². The van der Waals surface area contributed by atoms with E-state index in [2.05, 4.69) is 18.2 Å². The molecule has 24 heavy (non-hydrogen) atoms. The fourth-order valence-corrected chi connectivity index (χ4v) is 3.98. The Balaban J connectivity index is 1.76. The van der Waals surface area contributed by atoms with Crippen LogP contribution in [-0.2, 0) is 30.5 Å². The molecular formula is C20H21ClN2O. The van der Waals surface area contributed by atoms with Crippen molar-refractivity contribution in [3.63, 3.8) is 0 Å². The molecule has 1 heterocycles. The molecule has 4 rings (SSSR count). The number of nitrogens with zero attached hydrogens (tertiary/aromatic N) is 2. The number of rotatable bonds is 3. The molecular weight excluding hydrogens is 320 g/mol. The van der Waals surface area contributed by atoms with Gasteiger partial charge in [0.25, 0.3) is 0 Å². The van der Waals surface area contributed by atoms with Gasteiger partial charge in [-0.05, 0) is 79.8 Å². The summed E-state index contributed by atoms with van der Waals surface area (Å²) in [5.74, 6) is 0.521. The molecule has 124 valence electrons. The zero-order chi connectivity index (χ0) is 16.5. The van der Waals surface area contributed by atoms with Crippen molar-refractivity contribution < 1.29 is 4.79 Å². The third-order valence-corrected chi connectivity index (χ3v) is 5.33. The van der Waals surface area contributed by atoms with Gasteiger partial charge in [-0.1, -0.05) is 12.1 Å². The third-order valence-electron chi connectivity index (χ3n) is 5.10. The second kappa shape index (κ2) is 6.56. The molecule has 0 spiro atoms. The molecule has 0 atom stereocenters. The quantitative estimate of drug-likeness (QED) is 0.778. The molecule has 2 aliphatic carbocycles. The van der Waals surface area contributed by atoms with Gasteiger partial charge in [-0.3, -0.25) is 9.69 Å². The standard InChI is InChI=1S/C20H21ClN2O/c21-13-20(24)23(17-10-8-14-5-3-6-16(14)12-17)19-11-9-15-4-1-2-7-18(15)22-19/h8-12H,1-7,13H2. The summed E-state index contributed by atoms with van der Waals surface area (Å²) in [6.45, 7) is 0. The van der Waals surface area contributed by atoms with Crippen LogP contribution in [-0.4, -0.2) is 16.8 Å². The number of fused-ring (bicyclic) bond motifs is 2. The van der Waals surface area contributed by atoms with Crippen LogP contribution in [0.5, 0.6) is 0 Å². The lowest BCUT2D eigenvalue weighted by Crippen LogP contribution is -2.28. The average molecular weight is 341 g/mol. The summed E-state index contributed by atoms with van der Waals surface area (Å²) in [5.41, 5.74) is 6.07. The summed E-state index contributed by atoms with van der Waals surface area (Å²) in [7, 11) is 0. The first-order valence-corrected chi connectivity index (χ1v) is 9.29. The predicted molar refractivity (Wildman–Crippen MR) is 97.2 cm³/mol. The van der Waals surface area contributed by atoms with Crippen molar-refractivity contribution >= 4 is 29.0 Å². The van der Waals surface area contributed by atoms with E-state index in [0.717, 1.165) is 37.1 Å². The van der Waals surface area contributed by atoms with Crippen molar-refractivity contribution in [3.05, 3.63) is 52.7 Å². The van der Waals surface area contributed by atoms with Crippen molar-refractivity contribution in [3.8, 4) is 0 Å². The van der Waals surface area contributed by atoms with Crippen LogP contribution in [0.4, 0.5) is 11.5 Å². The van der Waals surface area contributed by atoms with Crippen molar-refractivity contribution in [2.75, 3.05) is 10.8 Å². The van der Waals surface area contributed by atoms with Crippen molar-refractivity contribution in [1.82, 2.24) is 4.98 Å². The summed E-state index contributed by atoms with van der Waals surface area (Å²) < 4.78 is 0. The topological polar surface area (TPSA) is 33.2 Å². The third kappa shape index (κ3) is 2.82. The highest BCUT2D eigenvalue weighted by Crippen LogP contribution is 2.32. The van der Waals surface area contributed by atoms with Crippen LogP contribution in [0.15, 0.2) is 30.3 Å². The van der Waals surface area contributed by atoms with E-state index in [9.17, 15) is 4.79 Å². The Hall–Kier alpha value is -1.87. The minimum atomic E-state index is -0.127. The summed E-state index contributed by atoms with van der Waals surface area (Å²) in [5, 5.41) is 0. The van der Waals surface area contributed by atoms with Crippen LogP contribution in [0.25, 0.3) is 0 Å². The average Bonchev–Trinajstić information content (AvgIpc) is 3.09. The van der Waals surface area contributed by atoms with Gasteiger partial charge >= 0.3 is 0 Å². The Bertz CT molecular complexity index is 787. The normalized spacial score (nSPS) is 15.7. The van der Waals surface area contributed by atoms with Gasteiger partial charge in [-0.15, -0.1) is 11.6 Å². The summed E-state index contributed by atoms with van der Waals surface area (Å²) >= 11 is 5.89. The van der Waals surface area contributed by atoms with Gasteiger partial charge in [0.2, 0.25) is 5.91 Å². The lowest BCUT2D eigenvalue weighted by Gasteiger charge is -2.24. The van der Waals surface area contributed by atoms with E-state index in [0.29, 0.717) is 5.82 Å². The molecule has 3 nitrogen and oxygen atoms in total. The van der Waals surface area contributed by atoms with Gasteiger partial charge in [0.05, 0.1) is 5.69 Å². The minimum Gasteiger partial charge on any atom is -0.273 e. The van der Waals surface area contributed by atoms with Gasteiger partial charge in [0.1, 0.15) is 11.7 Å². The van der Waals surface area contributed by atoms with Crippen molar-refractivity contribution in [2.45, 2.75) is 44.9 Å². The largest absolute Gasteiger partial charge is 0.273 e. The van der Waals surface area contributed by atoms with Crippen LogP contribution in [0, 0.1) is 0 Å². The number of halogens is 1. The number of hydrogen-bond donors (Lipinski definition) is 0. The highest BCUT2D eigenvalue weighted by atomic mass is 35.5. The molecule has 4 heteroatoms. The molecule has 0 saturated heterocycles. The van der Waals surface area contributed by atoms with Gasteiger partial charge in [-0.2, -0.15) is 0 Å². The van der Waals surface area contributed by atoms with Crippen LogP contribution < -0.4 is 4.90 Å². The zero-order valence-electron chi connectivity index (χ0n) is 13.7. The maximum Gasteiger partial charge on any atom is 0.247 e. The van der Waals surface area contributed by atoms with E-state index in [1.807, 2.05) is 12.1 Å². The first-order chi connectivity index (χ1) is 11.8. The fourth-order valence-electron chi connectivity index (χ4n) is 3.86. The van der Waals surface area contributed by atoms with Crippen LogP contribution >= 0.6 is 11.6 Å². The van der Waals surface area contributed by atoms with Crippen LogP contribution in [0.3, 0.4) is 0 Å². The lowest BCUT2D eigenvalue weighted by molar-refractivity contribution is -0.115. The lowest BCUT2D eigenvalue weighted by atomic mass is 9.96. The summed E-state index contributed by atoms with van der Waals surface area (Å²) in [6.07, 6.45) is 7.90. The molecule has 0 saturated carbocycles. The second-order valence-electron chi connectivity index (χ2n) is 6.65. The fraction of sp³-hybridized carbons (Fsp3) is 0.400. The number of aromatic nitrogens is 1. The molecule has 0 aliphatic heterocycles. The molecule has 2 aromatic rings. The van der Waals surface area contributed by atoms with E-state index in [4.69, 9.17) is 16.6 Å². The monoisotopic (exact) mass is 340 g/mol. The number of carbonyl (C=O) groups excluding carboxylic acids is 1. The number of carbonyl (C=O) groups is 1. The first kappa shape index (κ1) is 15.6. The maximum absolute atomic E-state index is 12.5. The van der Waals surface area contributed by atoms with E-state index >= 15 is 0 Å². The van der Waals surface area contributed by atoms with Crippen molar-refractivity contribution in [2.24, 2.45) is 0 Å². The SMILES string of the molecule is O=C(CCl)N(c1ccc2c(c1)CCC2)c1ccc2c(n1)CCCC2. The molecule has 0 fully saturated rings. The predicted octanol–water partition coefficient (Wildman–Crippen LogP) is 4.35. The number of anilines is 2. The van der Waals surface area contributed by atoms with Gasteiger partial charge in [0.15, 0.2) is 0 Å². The highest BCUT2D eigenvalue weighted by Gasteiger charge is 2.22. The molecule has 1 amide bonds. The first-order valence-electron chi connectivity index (χ1n) is 8.76. The van der Waals surface area contributed by atoms with Gasteiger partial charge in [-0.25, -0.2) is 4.98 Å². The molecule has 0 N–H and O–H groups in total.